The van der Waals surface area contributed by atoms with Gasteiger partial charge in [-0.1, -0.05) is 32.9 Å². The lowest BCUT2D eigenvalue weighted by Gasteiger charge is -2.49. The largest absolute Gasteiger partial charge is 0.491 e. The molecule has 2 aliphatic rings. The van der Waals surface area contributed by atoms with Crippen molar-refractivity contribution in [2.75, 3.05) is 40.0 Å². The van der Waals surface area contributed by atoms with Crippen molar-refractivity contribution in [1.29, 1.82) is 0 Å². The van der Waals surface area contributed by atoms with Gasteiger partial charge in [-0.15, -0.1) is 0 Å². The van der Waals surface area contributed by atoms with E-state index < -0.39 is 13.9 Å². The van der Waals surface area contributed by atoms with Gasteiger partial charge in [-0.2, -0.15) is 0 Å². The number of ether oxygens (including phenoxy) is 3. The molecular weight excluding hydrogens is 512 g/mol. The molecule has 2 atom stereocenters. The minimum Gasteiger partial charge on any atom is -0.491 e. The number of likely N-dealkylation sites (N-methyl/N-ethyl adjacent to an activating group) is 1. The van der Waals surface area contributed by atoms with Crippen molar-refractivity contribution in [3.63, 3.8) is 0 Å². The fraction of sp³-hybridized carbons (Fsp3) is 0.667. The van der Waals surface area contributed by atoms with Crippen LogP contribution in [0.3, 0.4) is 0 Å². The first-order valence-electron chi connectivity index (χ1n) is 14.0. The van der Waals surface area contributed by atoms with Gasteiger partial charge in [-0.25, -0.2) is 9.59 Å². The van der Waals surface area contributed by atoms with Crippen molar-refractivity contribution in [3.8, 4) is 5.75 Å². The monoisotopic (exact) mass is 560 g/mol. The maximum absolute atomic E-state index is 13.2. The van der Waals surface area contributed by atoms with Crippen molar-refractivity contribution in [2.45, 2.75) is 90.7 Å². The summed E-state index contributed by atoms with van der Waals surface area (Å²) in [4.78, 5) is 30.0. The molecule has 1 saturated heterocycles. The average molecular weight is 561 g/mol. The van der Waals surface area contributed by atoms with Gasteiger partial charge in [0.1, 0.15) is 18.0 Å². The van der Waals surface area contributed by atoms with Gasteiger partial charge in [-0.05, 0) is 82.6 Å². The van der Waals surface area contributed by atoms with E-state index in [9.17, 15) is 9.59 Å². The third-order valence-corrected chi connectivity index (χ3v) is 12.5. The van der Waals surface area contributed by atoms with Crippen LogP contribution in [0.2, 0.25) is 18.1 Å². The molecule has 2 heterocycles. The van der Waals surface area contributed by atoms with E-state index in [4.69, 9.17) is 18.6 Å². The topological polar surface area (TPSA) is 77.5 Å². The Labute approximate surface area is 235 Å². The number of amides is 1. The second-order valence-electron chi connectivity index (χ2n) is 13.0. The number of carbonyl (C=O) groups excluding carboxylic acids is 2. The first kappa shape index (κ1) is 31.2. The molecule has 1 aromatic carbocycles. The van der Waals surface area contributed by atoms with Gasteiger partial charge in [0.15, 0.2) is 8.32 Å². The summed E-state index contributed by atoms with van der Waals surface area (Å²) < 4.78 is 23.3. The summed E-state index contributed by atoms with van der Waals surface area (Å²) in [5.74, 6) is 0.428. The number of nitrogens with zero attached hydrogens (tertiary/aromatic N) is 2. The van der Waals surface area contributed by atoms with Gasteiger partial charge in [0.25, 0.3) is 0 Å². The van der Waals surface area contributed by atoms with Crippen LogP contribution in [0.5, 0.6) is 5.75 Å². The van der Waals surface area contributed by atoms with Crippen molar-refractivity contribution < 1.29 is 28.2 Å². The molecule has 0 aromatic heterocycles. The lowest BCUT2D eigenvalue weighted by atomic mass is 9.82. The predicted molar refractivity (Wildman–Crippen MR) is 156 cm³/mol. The van der Waals surface area contributed by atoms with Crippen LogP contribution < -0.4 is 4.74 Å². The molecule has 39 heavy (non-hydrogen) atoms. The molecule has 1 fully saturated rings. The maximum Gasteiger partial charge on any atom is 0.410 e. The molecule has 218 valence electrons. The van der Waals surface area contributed by atoms with E-state index in [0.717, 1.165) is 16.9 Å². The lowest BCUT2D eigenvalue weighted by molar-refractivity contribution is -0.140. The van der Waals surface area contributed by atoms with Crippen LogP contribution in [-0.4, -0.2) is 87.8 Å². The van der Waals surface area contributed by atoms with Crippen molar-refractivity contribution in [2.24, 2.45) is 0 Å². The number of fused-ring (bicyclic) bond motifs is 2. The summed E-state index contributed by atoms with van der Waals surface area (Å²) in [7, 11) is 0.207. The van der Waals surface area contributed by atoms with Gasteiger partial charge >= 0.3 is 12.1 Å². The SMILES string of the molecule is CCOC(=O)C1=C(c2ccc(OCCO[Si](C)(C)C(C)(C)C)cc2)CC2CN(C(=O)OC(C)(C)C)CC1N2C. The smallest absolute Gasteiger partial charge is 0.410 e. The Hall–Kier alpha value is -2.36. The second-order valence-corrected chi connectivity index (χ2v) is 17.8. The Balaban J connectivity index is 1.78. The molecule has 2 bridgehead atoms. The highest BCUT2D eigenvalue weighted by atomic mass is 28.4. The van der Waals surface area contributed by atoms with Crippen LogP contribution in [0.15, 0.2) is 29.8 Å². The highest BCUT2D eigenvalue weighted by Crippen LogP contribution is 2.39. The van der Waals surface area contributed by atoms with E-state index in [0.29, 0.717) is 38.3 Å². The Kier molecular flexibility index (Phi) is 9.61. The third-order valence-electron chi connectivity index (χ3n) is 7.96. The summed E-state index contributed by atoms with van der Waals surface area (Å²) in [6.45, 7) is 20.8. The van der Waals surface area contributed by atoms with Crippen molar-refractivity contribution >= 4 is 26.0 Å². The fourth-order valence-corrected chi connectivity index (χ4v) is 5.77. The molecule has 0 aliphatic carbocycles. The number of carbonyl (C=O) groups is 2. The summed E-state index contributed by atoms with van der Waals surface area (Å²) >= 11 is 0. The zero-order chi connectivity index (χ0) is 29.2. The van der Waals surface area contributed by atoms with Crippen LogP contribution in [0, 0.1) is 0 Å². The van der Waals surface area contributed by atoms with E-state index in [1.54, 1.807) is 4.90 Å². The Bertz CT molecular complexity index is 1050. The van der Waals surface area contributed by atoms with Crippen LogP contribution in [0.25, 0.3) is 5.57 Å². The van der Waals surface area contributed by atoms with E-state index in [1.165, 1.54) is 0 Å². The van der Waals surface area contributed by atoms with Gasteiger partial charge in [0.05, 0.1) is 24.8 Å². The molecule has 3 rings (SSSR count). The minimum absolute atomic E-state index is 0.0628. The fourth-order valence-electron chi connectivity index (χ4n) is 4.74. The molecule has 1 aromatic rings. The normalized spacial score (nSPS) is 20.6. The highest BCUT2D eigenvalue weighted by Gasteiger charge is 2.45. The highest BCUT2D eigenvalue weighted by molar-refractivity contribution is 6.74. The van der Waals surface area contributed by atoms with Gasteiger partial charge in [0.2, 0.25) is 0 Å². The molecule has 0 N–H and O–H groups in total. The standard InChI is InChI=1S/C30H48N2O6Si/c1-11-35-27(33)26-24(18-22-19-32(20-25(26)31(22)8)28(34)38-29(2,3)4)21-12-14-23(15-13-21)36-16-17-37-39(9,10)30(5,6)7/h12-15,22,25H,11,16-20H2,1-10H3. The maximum atomic E-state index is 13.2. The minimum atomic E-state index is -1.81. The molecule has 0 saturated carbocycles. The molecule has 0 radical (unpaired) electrons. The van der Waals surface area contributed by atoms with Crippen LogP contribution in [-0.2, 0) is 18.7 Å². The molecule has 0 spiro atoms. The Morgan fingerprint density at radius 2 is 1.64 bits per heavy atom. The Morgan fingerprint density at radius 1 is 1.00 bits per heavy atom. The number of benzene rings is 1. The average Bonchev–Trinajstić information content (AvgIpc) is 2.80. The first-order valence-corrected chi connectivity index (χ1v) is 16.9. The number of hydrogen-bond donors (Lipinski definition) is 0. The molecule has 8 nitrogen and oxygen atoms in total. The van der Waals surface area contributed by atoms with E-state index >= 15 is 0 Å². The van der Waals surface area contributed by atoms with E-state index in [2.05, 4.69) is 38.8 Å². The van der Waals surface area contributed by atoms with Crippen molar-refractivity contribution in [3.05, 3.63) is 35.4 Å². The van der Waals surface area contributed by atoms with Crippen molar-refractivity contribution in [1.82, 2.24) is 9.80 Å². The van der Waals surface area contributed by atoms with Gasteiger partial charge < -0.3 is 23.5 Å². The van der Waals surface area contributed by atoms with E-state index in [-0.39, 0.29) is 35.8 Å². The summed E-state index contributed by atoms with van der Waals surface area (Å²) in [5, 5.41) is 0.162. The summed E-state index contributed by atoms with van der Waals surface area (Å²) in [6, 6.07) is 7.68. The molecule has 2 aliphatic heterocycles. The quantitative estimate of drug-likeness (QED) is 0.228. The first-order chi connectivity index (χ1) is 18.0. The Morgan fingerprint density at radius 3 is 2.21 bits per heavy atom. The molecular formula is C30H48N2O6Si. The summed E-state index contributed by atoms with van der Waals surface area (Å²) in [6.07, 6.45) is 0.275. The van der Waals surface area contributed by atoms with Gasteiger partial charge in [-0.3, -0.25) is 4.90 Å². The zero-order valence-electron chi connectivity index (χ0n) is 25.6. The van der Waals surface area contributed by atoms with E-state index in [1.807, 2.05) is 59.0 Å². The molecule has 9 heteroatoms. The predicted octanol–water partition coefficient (Wildman–Crippen LogP) is 5.73. The lowest BCUT2D eigenvalue weighted by Crippen LogP contribution is -2.62. The number of piperazine rings is 1. The number of rotatable bonds is 8. The number of hydrogen-bond acceptors (Lipinski definition) is 7. The van der Waals surface area contributed by atoms with Gasteiger partial charge in [0, 0.05) is 19.1 Å². The second kappa shape index (κ2) is 12.0. The van der Waals surface area contributed by atoms with Crippen LogP contribution in [0.1, 0.15) is 60.5 Å². The molecule has 2 unspecified atom stereocenters. The van der Waals surface area contributed by atoms with Crippen LogP contribution >= 0.6 is 0 Å². The summed E-state index contributed by atoms with van der Waals surface area (Å²) in [5.41, 5.74) is 1.97. The van der Waals surface area contributed by atoms with Crippen LogP contribution in [0.4, 0.5) is 4.79 Å². The number of esters is 1. The molecule has 1 amide bonds. The third kappa shape index (κ3) is 7.64. The zero-order valence-corrected chi connectivity index (χ0v) is 26.6.